The third-order valence-electron chi connectivity index (χ3n) is 3.54. The Hall–Kier alpha value is -0.572. The number of carbonyl (C=O) groups excluding carboxylic acids is 1. The maximum absolute atomic E-state index is 12.5. The second-order valence-corrected chi connectivity index (χ2v) is 28.7. The number of ether oxygens (including phenoxy) is 1. The molecule has 0 spiro atoms. The summed E-state index contributed by atoms with van der Waals surface area (Å²) in [4.78, 5) is 23.6. The molecule has 7 nitrogen and oxygen atoms in total. The van der Waals surface area contributed by atoms with E-state index in [0.29, 0.717) is 12.5 Å². The highest BCUT2D eigenvalue weighted by Crippen LogP contribution is 2.30. The molecule has 0 bridgehead atoms. The first-order valence-corrected chi connectivity index (χ1v) is 22.9. The second-order valence-electron chi connectivity index (χ2n) is 11.7. The molecule has 11 heteroatoms. The zero-order valence-electron chi connectivity index (χ0n) is 21.6. The maximum Gasteiger partial charge on any atom is 0.469 e. The Morgan fingerprint density at radius 2 is 1.19 bits per heavy atom. The van der Waals surface area contributed by atoms with Crippen LogP contribution >= 0.6 is 0 Å². The van der Waals surface area contributed by atoms with Crippen LogP contribution in [0.5, 0.6) is 0 Å². The van der Waals surface area contributed by atoms with Crippen LogP contribution in [-0.4, -0.2) is 57.4 Å². The lowest BCUT2D eigenvalue weighted by Crippen LogP contribution is -2.60. The summed E-state index contributed by atoms with van der Waals surface area (Å²) in [6.07, 6.45) is 1.46. The third-order valence-corrected chi connectivity index (χ3v) is 15.6. The number of esters is 1. The monoisotopic (exact) mass is 508 g/mol. The Labute approximate surface area is 193 Å². The molecule has 0 aromatic carbocycles. The van der Waals surface area contributed by atoms with Gasteiger partial charge in [-0.25, -0.2) is 9.59 Å². The Morgan fingerprint density at radius 1 is 0.806 bits per heavy atom. The van der Waals surface area contributed by atoms with Gasteiger partial charge >= 0.3 is 20.7 Å². The van der Waals surface area contributed by atoms with Crippen LogP contribution in [0, 0.1) is 5.41 Å². The summed E-state index contributed by atoms with van der Waals surface area (Å²) in [7, 11) is -8.86. The van der Waals surface area contributed by atoms with Gasteiger partial charge in [0.2, 0.25) is 0 Å². The van der Waals surface area contributed by atoms with Gasteiger partial charge < -0.3 is 22.2 Å². The fraction of sp³-hybridized carbons (Fsp3) is 0.800. The smallest absolute Gasteiger partial charge is 0.469 e. The summed E-state index contributed by atoms with van der Waals surface area (Å²) < 4.78 is 25.3. The normalized spacial score (nSPS) is 14.5. The molecule has 0 saturated heterocycles. The minimum Gasteiger partial charge on any atom is -0.478 e. The second kappa shape index (κ2) is 11.0. The number of aliphatic carboxylic acids is 1. The number of hydrogen-bond acceptors (Lipinski definition) is 6. The highest BCUT2D eigenvalue weighted by Gasteiger charge is 2.49. The molecule has 0 aromatic rings. The first-order chi connectivity index (χ1) is 13.6. The van der Waals surface area contributed by atoms with E-state index in [1.54, 1.807) is 20.8 Å². The van der Waals surface area contributed by atoms with Gasteiger partial charge in [-0.3, -0.25) is 0 Å². The topological polar surface area (TPSA) is 91.3 Å². The minimum atomic E-state index is -2.98. The molecular weight excluding hydrogens is 465 g/mol. The van der Waals surface area contributed by atoms with Gasteiger partial charge in [0.05, 0.1) is 6.61 Å². The summed E-state index contributed by atoms with van der Waals surface area (Å²) in [5.41, 5.74) is -0.491. The molecule has 0 saturated carbocycles. The summed E-state index contributed by atoms with van der Waals surface area (Å²) in [6, 6.07) is 0.562. The maximum atomic E-state index is 12.5. The third kappa shape index (κ3) is 14.2. The van der Waals surface area contributed by atoms with E-state index in [9.17, 15) is 9.59 Å². The number of carbonyl (C=O) groups is 2. The van der Waals surface area contributed by atoms with Crippen LogP contribution in [-0.2, 0) is 26.7 Å². The first-order valence-electron chi connectivity index (χ1n) is 10.8. The average molecular weight is 509 g/mol. The Morgan fingerprint density at radius 3 is 1.48 bits per heavy atom. The van der Waals surface area contributed by atoms with Crippen molar-refractivity contribution in [2.45, 2.75) is 92.2 Å². The van der Waals surface area contributed by atoms with E-state index in [4.69, 9.17) is 22.2 Å². The molecule has 0 heterocycles. The van der Waals surface area contributed by atoms with Crippen LogP contribution in [0.2, 0.25) is 65.0 Å². The van der Waals surface area contributed by atoms with Crippen LogP contribution in [0.3, 0.4) is 0 Å². The molecule has 0 aromatic heterocycles. The molecule has 0 fully saturated rings. The van der Waals surface area contributed by atoms with E-state index in [1.807, 2.05) is 0 Å². The fourth-order valence-corrected chi connectivity index (χ4v) is 17.5. The lowest BCUT2D eigenvalue weighted by molar-refractivity contribution is -0.141. The summed E-state index contributed by atoms with van der Waals surface area (Å²) in [6.45, 7) is 24.6. The summed E-state index contributed by atoms with van der Waals surface area (Å²) in [5.74, 6) is -1.77. The van der Waals surface area contributed by atoms with Gasteiger partial charge in [-0.15, -0.1) is 0 Å². The number of rotatable bonds is 12. The molecule has 0 aliphatic carbocycles. The fourth-order valence-electron chi connectivity index (χ4n) is 2.85. The standard InChI is InChI=1S/C20H44O7Si4/c1-20(2,3)17(16-18(21)22)19(23)24-14-13-15-31(25-28(4,5)6,26-29(7,8)9)27-30(10,11)12/h16H,13-15H2,1-12H3,(H,21,22). The van der Waals surface area contributed by atoms with Crippen LogP contribution in [0.4, 0.5) is 0 Å². The van der Waals surface area contributed by atoms with Crippen LogP contribution in [0.15, 0.2) is 11.6 Å². The van der Waals surface area contributed by atoms with Gasteiger partial charge in [-0.1, -0.05) is 20.8 Å². The van der Waals surface area contributed by atoms with Gasteiger partial charge in [0.15, 0.2) is 25.0 Å². The number of carboxylic acid groups (broad SMARTS) is 1. The Bertz CT molecular complexity index is 610. The lowest BCUT2D eigenvalue weighted by atomic mass is 9.86. The van der Waals surface area contributed by atoms with Crippen molar-refractivity contribution < 1.29 is 31.8 Å². The van der Waals surface area contributed by atoms with Gasteiger partial charge in [-0.05, 0) is 70.8 Å². The van der Waals surface area contributed by atoms with Crippen molar-refractivity contribution >= 4 is 45.7 Å². The van der Waals surface area contributed by atoms with Crippen molar-refractivity contribution in [3.05, 3.63) is 11.6 Å². The molecule has 0 unspecified atom stereocenters. The molecule has 0 amide bonds. The number of carboxylic acids is 1. The Balaban J connectivity index is 5.51. The zero-order valence-corrected chi connectivity index (χ0v) is 25.6. The summed E-state index contributed by atoms with van der Waals surface area (Å²) >= 11 is 0. The SMILES string of the molecule is CC(C)(C)C(=CC(=O)O)C(=O)OCCC[Si](O[Si](C)(C)C)(O[Si](C)(C)C)O[Si](C)(C)C. The van der Waals surface area contributed by atoms with Crippen molar-refractivity contribution in [3.63, 3.8) is 0 Å². The molecule has 0 aliphatic rings. The highest BCUT2D eigenvalue weighted by molar-refractivity contribution is 6.90. The molecule has 0 aliphatic heterocycles. The van der Waals surface area contributed by atoms with Crippen molar-refractivity contribution in [3.8, 4) is 0 Å². The Kier molecular flexibility index (Phi) is 10.8. The van der Waals surface area contributed by atoms with Crippen LogP contribution < -0.4 is 0 Å². The molecule has 0 radical (unpaired) electrons. The lowest BCUT2D eigenvalue weighted by Gasteiger charge is -2.42. The van der Waals surface area contributed by atoms with Crippen molar-refractivity contribution in [1.82, 2.24) is 0 Å². The molecule has 31 heavy (non-hydrogen) atoms. The first kappa shape index (κ1) is 30.4. The van der Waals surface area contributed by atoms with E-state index >= 15 is 0 Å². The van der Waals surface area contributed by atoms with E-state index in [0.717, 1.165) is 6.08 Å². The van der Waals surface area contributed by atoms with Gasteiger partial charge in [0, 0.05) is 17.7 Å². The van der Waals surface area contributed by atoms with Gasteiger partial charge in [0.25, 0.3) is 0 Å². The quantitative estimate of drug-likeness (QED) is 0.162. The molecule has 182 valence electrons. The minimum absolute atomic E-state index is 0.138. The van der Waals surface area contributed by atoms with Crippen LogP contribution in [0.1, 0.15) is 27.2 Å². The van der Waals surface area contributed by atoms with Crippen molar-refractivity contribution in [2.75, 3.05) is 6.61 Å². The van der Waals surface area contributed by atoms with Crippen molar-refractivity contribution in [2.24, 2.45) is 5.41 Å². The van der Waals surface area contributed by atoms with Crippen molar-refractivity contribution in [1.29, 1.82) is 0 Å². The van der Waals surface area contributed by atoms with E-state index in [-0.39, 0.29) is 12.2 Å². The predicted molar refractivity (Wildman–Crippen MR) is 135 cm³/mol. The molecular formula is C20H44O7Si4. The van der Waals surface area contributed by atoms with E-state index in [1.165, 1.54) is 0 Å². The van der Waals surface area contributed by atoms with E-state index in [2.05, 4.69) is 58.9 Å². The van der Waals surface area contributed by atoms with Gasteiger partial charge in [0.1, 0.15) is 0 Å². The van der Waals surface area contributed by atoms with Crippen LogP contribution in [0.25, 0.3) is 0 Å². The molecule has 0 rings (SSSR count). The zero-order chi connectivity index (χ0) is 24.9. The average Bonchev–Trinajstić information content (AvgIpc) is 2.42. The molecule has 1 N–H and O–H groups in total. The highest BCUT2D eigenvalue weighted by atomic mass is 28.5. The predicted octanol–water partition coefficient (Wildman–Crippen LogP) is 5.47. The largest absolute Gasteiger partial charge is 0.478 e. The van der Waals surface area contributed by atoms with Gasteiger partial charge in [-0.2, -0.15) is 0 Å². The molecule has 0 atom stereocenters. The van der Waals surface area contributed by atoms with E-state index < -0.39 is 51.1 Å². The summed E-state index contributed by atoms with van der Waals surface area (Å²) in [5, 5.41) is 9.08. The number of hydrogen-bond donors (Lipinski definition) is 1.